The molecular weight excluding hydrogens is 166 g/mol. The quantitative estimate of drug-likeness (QED) is 0.725. The molecule has 12 heavy (non-hydrogen) atoms. The summed E-state index contributed by atoms with van der Waals surface area (Å²) in [5.41, 5.74) is 0. The van der Waals surface area contributed by atoms with Crippen molar-refractivity contribution < 1.29 is 0 Å². The van der Waals surface area contributed by atoms with Crippen molar-refractivity contribution in [2.75, 3.05) is 5.75 Å². The predicted octanol–water partition coefficient (Wildman–Crippen LogP) is 2.62. The maximum Gasteiger partial charge on any atom is 0.0676 e. The van der Waals surface area contributed by atoms with Crippen LogP contribution in [0.3, 0.4) is 0 Å². The molecule has 0 aromatic heterocycles. The van der Waals surface area contributed by atoms with Gasteiger partial charge in [-0.2, -0.15) is 0 Å². The molecule has 2 rings (SSSR count). The third-order valence-electron chi connectivity index (χ3n) is 2.94. The van der Waals surface area contributed by atoms with E-state index in [1.165, 1.54) is 31.4 Å². The Bertz CT molecular complexity index is 163. The van der Waals surface area contributed by atoms with Crippen molar-refractivity contribution in [2.24, 2.45) is 5.92 Å². The number of hydrogen-bond donors (Lipinski definition) is 1. The van der Waals surface area contributed by atoms with Crippen LogP contribution in [-0.4, -0.2) is 16.7 Å². The number of thioether (sulfide) groups is 1. The minimum absolute atomic E-state index is 0.494. The van der Waals surface area contributed by atoms with E-state index >= 15 is 0 Å². The average Bonchev–Trinajstić information content (AvgIpc) is 2.80. The topological polar surface area (TPSA) is 12.0 Å². The van der Waals surface area contributed by atoms with Gasteiger partial charge in [-0.1, -0.05) is 13.3 Å². The molecule has 70 valence electrons. The second-order valence-corrected chi connectivity index (χ2v) is 5.62. The number of hydrogen-bond acceptors (Lipinski definition) is 2. The molecule has 1 saturated carbocycles. The summed E-state index contributed by atoms with van der Waals surface area (Å²) in [6.45, 7) is 4.61. The minimum Gasteiger partial charge on any atom is -0.299 e. The molecule has 1 heterocycles. The van der Waals surface area contributed by atoms with Crippen LogP contribution in [0, 0.1) is 5.92 Å². The van der Waals surface area contributed by atoms with E-state index in [0.717, 1.165) is 12.0 Å². The summed E-state index contributed by atoms with van der Waals surface area (Å²) in [4.78, 5) is 0.494. The number of nitrogens with one attached hydrogen (secondary N) is 1. The van der Waals surface area contributed by atoms with Crippen molar-refractivity contribution in [3.05, 3.63) is 0 Å². The molecule has 0 aromatic carbocycles. The Morgan fingerprint density at radius 1 is 1.50 bits per heavy atom. The SMILES string of the molecule is CCCC1(C2CC2)NC(C)CS1. The minimum atomic E-state index is 0.494. The Kier molecular flexibility index (Phi) is 2.39. The lowest BCUT2D eigenvalue weighted by atomic mass is 10.1. The van der Waals surface area contributed by atoms with E-state index in [9.17, 15) is 0 Å². The highest BCUT2D eigenvalue weighted by atomic mass is 32.2. The van der Waals surface area contributed by atoms with Crippen LogP contribution in [-0.2, 0) is 0 Å². The normalized spacial score (nSPS) is 42.0. The molecule has 0 bridgehead atoms. The highest BCUT2D eigenvalue weighted by molar-refractivity contribution is 8.00. The third kappa shape index (κ3) is 1.51. The molecule has 1 N–H and O–H groups in total. The molecule has 2 aliphatic rings. The summed E-state index contributed by atoms with van der Waals surface area (Å²) < 4.78 is 0. The van der Waals surface area contributed by atoms with Gasteiger partial charge in [0.1, 0.15) is 0 Å². The molecule has 0 amide bonds. The van der Waals surface area contributed by atoms with Gasteiger partial charge in [0, 0.05) is 11.8 Å². The van der Waals surface area contributed by atoms with E-state index in [0.29, 0.717) is 4.87 Å². The summed E-state index contributed by atoms with van der Waals surface area (Å²) in [7, 11) is 0. The van der Waals surface area contributed by atoms with E-state index in [2.05, 4.69) is 30.9 Å². The zero-order valence-electron chi connectivity index (χ0n) is 8.10. The van der Waals surface area contributed by atoms with Crippen molar-refractivity contribution in [2.45, 2.75) is 50.4 Å². The fourth-order valence-corrected chi connectivity index (χ4v) is 4.01. The van der Waals surface area contributed by atoms with Gasteiger partial charge < -0.3 is 0 Å². The second kappa shape index (κ2) is 3.22. The highest BCUT2D eigenvalue weighted by Crippen LogP contribution is 2.51. The van der Waals surface area contributed by atoms with E-state index in [1.54, 1.807) is 0 Å². The molecule has 2 fully saturated rings. The molecule has 1 saturated heterocycles. The van der Waals surface area contributed by atoms with Crippen molar-refractivity contribution in [3.8, 4) is 0 Å². The monoisotopic (exact) mass is 185 g/mol. The van der Waals surface area contributed by atoms with Crippen LogP contribution in [0.5, 0.6) is 0 Å². The van der Waals surface area contributed by atoms with Gasteiger partial charge in [-0.15, -0.1) is 11.8 Å². The summed E-state index contributed by atoms with van der Waals surface area (Å²) >= 11 is 2.18. The summed E-state index contributed by atoms with van der Waals surface area (Å²) in [5.74, 6) is 2.31. The largest absolute Gasteiger partial charge is 0.299 e. The molecule has 1 aliphatic heterocycles. The molecule has 2 atom stereocenters. The van der Waals surface area contributed by atoms with E-state index in [-0.39, 0.29) is 0 Å². The van der Waals surface area contributed by atoms with Gasteiger partial charge in [0.05, 0.1) is 4.87 Å². The fourth-order valence-electron chi connectivity index (χ4n) is 2.28. The average molecular weight is 185 g/mol. The zero-order chi connectivity index (χ0) is 8.60. The Labute approximate surface area is 79.7 Å². The smallest absolute Gasteiger partial charge is 0.0676 e. The molecule has 2 unspecified atom stereocenters. The maximum atomic E-state index is 3.79. The Balaban J connectivity index is 2.01. The predicted molar refractivity (Wildman–Crippen MR) is 55.4 cm³/mol. The van der Waals surface area contributed by atoms with E-state index in [1.807, 2.05) is 0 Å². The lowest BCUT2D eigenvalue weighted by Crippen LogP contribution is -2.42. The van der Waals surface area contributed by atoms with Crippen LogP contribution in [0.1, 0.15) is 39.5 Å². The van der Waals surface area contributed by atoms with Gasteiger partial charge in [0.15, 0.2) is 0 Å². The third-order valence-corrected chi connectivity index (χ3v) is 4.78. The first-order valence-electron chi connectivity index (χ1n) is 5.18. The van der Waals surface area contributed by atoms with Gasteiger partial charge in [0.25, 0.3) is 0 Å². The highest BCUT2D eigenvalue weighted by Gasteiger charge is 2.48. The van der Waals surface area contributed by atoms with E-state index in [4.69, 9.17) is 0 Å². The standard InChI is InChI=1S/C10H19NS/c1-3-6-10(9-4-5-9)11-8(2)7-12-10/h8-9,11H,3-7H2,1-2H3. The van der Waals surface area contributed by atoms with Gasteiger partial charge in [-0.25, -0.2) is 0 Å². The number of rotatable bonds is 3. The lowest BCUT2D eigenvalue weighted by molar-refractivity contribution is 0.381. The molecule has 1 aliphatic carbocycles. The van der Waals surface area contributed by atoms with Crippen molar-refractivity contribution in [3.63, 3.8) is 0 Å². The Morgan fingerprint density at radius 3 is 2.67 bits per heavy atom. The molecule has 1 nitrogen and oxygen atoms in total. The van der Waals surface area contributed by atoms with Gasteiger partial charge in [0.2, 0.25) is 0 Å². The van der Waals surface area contributed by atoms with Crippen molar-refractivity contribution >= 4 is 11.8 Å². The first-order chi connectivity index (χ1) is 5.77. The maximum absolute atomic E-state index is 3.79. The van der Waals surface area contributed by atoms with Gasteiger partial charge in [-0.05, 0) is 32.1 Å². The van der Waals surface area contributed by atoms with Crippen LogP contribution in [0.25, 0.3) is 0 Å². The van der Waals surface area contributed by atoms with Crippen molar-refractivity contribution in [1.82, 2.24) is 5.32 Å². The lowest BCUT2D eigenvalue weighted by Gasteiger charge is -2.29. The Morgan fingerprint density at radius 2 is 2.25 bits per heavy atom. The summed E-state index contributed by atoms with van der Waals surface area (Å²) in [6, 6.07) is 0.738. The molecular formula is C10H19NS. The van der Waals surface area contributed by atoms with Gasteiger partial charge >= 0.3 is 0 Å². The van der Waals surface area contributed by atoms with Crippen molar-refractivity contribution in [1.29, 1.82) is 0 Å². The van der Waals surface area contributed by atoms with Crippen LogP contribution < -0.4 is 5.32 Å². The van der Waals surface area contributed by atoms with Crippen LogP contribution in [0.4, 0.5) is 0 Å². The zero-order valence-corrected chi connectivity index (χ0v) is 8.91. The summed E-state index contributed by atoms with van der Waals surface area (Å²) in [5, 5.41) is 3.79. The van der Waals surface area contributed by atoms with Crippen LogP contribution >= 0.6 is 11.8 Å². The molecule has 0 aromatic rings. The second-order valence-electron chi connectivity index (χ2n) is 4.27. The molecule has 0 radical (unpaired) electrons. The Hall–Kier alpha value is 0.310. The van der Waals surface area contributed by atoms with Gasteiger partial charge in [-0.3, -0.25) is 5.32 Å². The fraction of sp³-hybridized carbons (Fsp3) is 1.00. The molecule has 2 heteroatoms. The first kappa shape index (κ1) is 8.89. The molecule has 0 spiro atoms. The van der Waals surface area contributed by atoms with E-state index < -0.39 is 0 Å². The van der Waals surface area contributed by atoms with Crippen LogP contribution in [0.15, 0.2) is 0 Å². The summed E-state index contributed by atoms with van der Waals surface area (Å²) in [6.07, 6.45) is 5.62. The first-order valence-corrected chi connectivity index (χ1v) is 6.17. The van der Waals surface area contributed by atoms with Crippen LogP contribution in [0.2, 0.25) is 0 Å².